The van der Waals surface area contributed by atoms with E-state index in [1.165, 1.54) is 5.56 Å². The van der Waals surface area contributed by atoms with Crippen LogP contribution in [0.15, 0.2) is 17.7 Å². The molecule has 102 valence electrons. The molecule has 0 radical (unpaired) electrons. The van der Waals surface area contributed by atoms with Gasteiger partial charge in [-0.3, -0.25) is 4.79 Å². The molecule has 1 aromatic rings. The summed E-state index contributed by atoms with van der Waals surface area (Å²) in [5.74, 6) is 1.79. The molecule has 0 amide bonds. The maximum Gasteiger partial charge on any atom is 0.155 e. The van der Waals surface area contributed by atoms with Crippen molar-refractivity contribution in [2.45, 2.75) is 40.2 Å². The highest BCUT2D eigenvalue weighted by Gasteiger charge is 2.21. The highest BCUT2D eigenvalue weighted by Crippen LogP contribution is 2.36. The summed E-state index contributed by atoms with van der Waals surface area (Å²) >= 11 is 0. The highest BCUT2D eigenvalue weighted by atomic mass is 16.5. The summed E-state index contributed by atoms with van der Waals surface area (Å²) in [5.41, 5.74) is 2.79. The van der Waals surface area contributed by atoms with Crippen LogP contribution in [0.1, 0.15) is 38.8 Å². The monoisotopic (exact) mass is 260 g/mol. The number of fused-ring (bicyclic) bond motifs is 1. The third kappa shape index (κ3) is 2.98. The molecule has 3 nitrogen and oxygen atoms in total. The van der Waals surface area contributed by atoms with Crippen LogP contribution in [0.25, 0.3) is 6.08 Å². The fraction of sp³-hybridized carbons (Fsp3) is 0.438. The van der Waals surface area contributed by atoms with Crippen LogP contribution in [0.2, 0.25) is 0 Å². The third-order valence-corrected chi connectivity index (χ3v) is 3.26. The van der Waals surface area contributed by atoms with Gasteiger partial charge in [-0.05, 0) is 51.5 Å². The normalized spacial score (nSPS) is 17.9. The van der Waals surface area contributed by atoms with Gasteiger partial charge in [-0.2, -0.15) is 0 Å². The zero-order valence-electron chi connectivity index (χ0n) is 11.9. The molecule has 0 fully saturated rings. The molecule has 0 saturated carbocycles. The molecule has 19 heavy (non-hydrogen) atoms. The van der Waals surface area contributed by atoms with Gasteiger partial charge in [0.1, 0.15) is 17.6 Å². The fourth-order valence-electron chi connectivity index (χ4n) is 2.18. The number of ether oxygens (including phenoxy) is 2. The van der Waals surface area contributed by atoms with E-state index < -0.39 is 0 Å². The van der Waals surface area contributed by atoms with Gasteiger partial charge in [0.2, 0.25) is 0 Å². The van der Waals surface area contributed by atoms with Crippen LogP contribution in [-0.2, 0) is 11.2 Å². The van der Waals surface area contributed by atoms with Crippen molar-refractivity contribution in [2.75, 3.05) is 6.61 Å². The Labute approximate surface area is 114 Å². The van der Waals surface area contributed by atoms with Gasteiger partial charge < -0.3 is 9.47 Å². The first-order valence-corrected chi connectivity index (χ1v) is 6.67. The van der Waals surface area contributed by atoms with Crippen LogP contribution in [-0.4, -0.2) is 18.5 Å². The quantitative estimate of drug-likeness (QED) is 0.778. The molecule has 1 heterocycles. The van der Waals surface area contributed by atoms with Crippen molar-refractivity contribution < 1.29 is 14.3 Å². The smallest absolute Gasteiger partial charge is 0.155 e. The molecule has 0 aliphatic carbocycles. The van der Waals surface area contributed by atoms with Gasteiger partial charge in [-0.25, -0.2) is 0 Å². The van der Waals surface area contributed by atoms with Crippen LogP contribution < -0.4 is 9.47 Å². The number of carbonyl (C=O) groups excluding carboxylic acids is 1. The lowest BCUT2D eigenvalue weighted by molar-refractivity contribution is -0.113. The molecule has 2 rings (SSSR count). The Morgan fingerprint density at radius 3 is 2.84 bits per heavy atom. The molecule has 1 aromatic carbocycles. The summed E-state index contributed by atoms with van der Waals surface area (Å²) in [7, 11) is 0. The maximum absolute atomic E-state index is 11.4. The maximum atomic E-state index is 11.4. The van der Waals surface area contributed by atoms with Crippen molar-refractivity contribution in [3.8, 4) is 11.5 Å². The number of rotatable bonds is 4. The molecular weight excluding hydrogens is 240 g/mol. The van der Waals surface area contributed by atoms with Gasteiger partial charge in [-0.15, -0.1) is 0 Å². The lowest BCUT2D eigenvalue weighted by Crippen LogP contribution is -2.05. The molecule has 0 aromatic heterocycles. The second-order valence-corrected chi connectivity index (χ2v) is 4.95. The van der Waals surface area contributed by atoms with E-state index >= 15 is 0 Å². The van der Waals surface area contributed by atoms with E-state index in [1.807, 2.05) is 32.1 Å². The Balaban J connectivity index is 2.44. The minimum Gasteiger partial charge on any atom is -0.493 e. The summed E-state index contributed by atoms with van der Waals surface area (Å²) in [6.07, 6.45) is 2.98. The first kappa shape index (κ1) is 13.7. The zero-order valence-corrected chi connectivity index (χ0v) is 11.9. The van der Waals surface area contributed by atoms with E-state index in [0.29, 0.717) is 12.2 Å². The first-order valence-electron chi connectivity index (χ1n) is 6.67. The lowest BCUT2D eigenvalue weighted by Gasteiger charge is -2.10. The first-order chi connectivity index (χ1) is 9.01. The van der Waals surface area contributed by atoms with E-state index in [-0.39, 0.29) is 11.9 Å². The number of allylic oxidation sites excluding steroid dienone is 1. The molecule has 0 saturated heterocycles. The summed E-state index contributed by atoms with van der Waals surface area (Å²) in [4.78, 5) is 11.4. The molecule has 3 heteroatoms. The molecule has 0 bridgehead atoms. The Morgan fingerprint density at radius 2 is 2.21 bits per heavy atom. The van der Waals surface area contributed by atoms with E-state index in [1.54, 1.807) is 6.92 Å². The summed E-state index contributed by atoms with van der Waals surface area (Å²) in [5, 5.41) is 0. The Bertz CT molecular complexity index is 529. The summed E-state index contributed by atoms with van der Waals surface area (Å²) in [6.45, 7) is 8.00. The molecule has 0 N–H and O–H groups in total. The number of hydrogen-bond acceptors (Lipinski definition) is 3. The molecule has 0 spiro atoms. The highest BCUT2D eigenvalue weighted by molar-refractivity contribution is 5.97. The average Bonchev–Trinajstić information content (AvgIpc) is 2.68. The van der Waals surface area contributed by atoms with Crippen LogP contribution in [0, 0.1) is 0 Å². The third-order valence-electron chi connectivity index (χ3n) is 3.26. The summed E-state index contributed by atoms with van der Waals surface area (Å²) < 4.78 is 11.4. The van der Waals surface area contributed by atoms with Crippen molar-refractivity contribution >= 4 is 11.9 Å². The van der Waals surface area contributed by atoms with E-state index in [4.69, 9.17) is 9.47 Å². The number of Topliss-reactive ketones (excluding diaryl/α,β-unsaturated/α-hetero) is 1. The molecule has 1 aliphatic heterocycles. The van der Waals surface area contributed by atoms with Crippen molar-refractivity contribution in [2.24, 2.45) is 0 Å². The standard InChI is InChI=1S/C16H20O3/c1-5-18-15-8-14-7-11(3)19-16(14)9-13(15)6-10(2)12(4)17/h6,8-9,11H,5,7H2,1-4H3/b10-6-. The predicted octanol–water partition coefficient (Wildman–Crippen LogP) is 3.40. The van der Waals surface area contributed by atoms with Gasteiger partial charge in [0.15, 0.2) is 5.78 Å². The minimum atomic E-state index is 0.0669. The predicted molar refractivity (Wildman–Crippen MR) is 75.7 cm³/mol. The second kappa shape index (κ2) is 5.47. The largest absolute Gasteiger partial charge is 0.493 e. The van der Waals surface area contributed by atoms with Gasteiger partial charge in [0.05, 0.1) is 6.61 Å². The molecule has 1 unspecified atom stereocenters. The Morgan fingerprint density at radius 1 is 1.47 bits per heavy atom. The number of carbonyl (C=O) groups is 1. The molecule has 1 aliphatic rings. The van der Waals surface area contributed by atoms with Crippen LogP contribution in [0.5, 0.6) is 11.5 Å². The fourth-order valence-corrected chi connectivity index (χ4v) is 2.18. The van der Waals surface area contributed by atoms with Gasteiger partial charge in [0, 0.05) is 17.5 Å². The van der Waals surface area contributed by atoms with E-state index in [0.717, 1.165) is 23.5 Å². The van der Waals surface area contributed by atoms with Gasteiger partial charge in [0.25, 0.3) is 0 Å². The van der Waals surface area contributed by atoms with Crippen molar-refractivity contribution in [3.05, 3.63) is 28.8 Å². The van der Waals surface area contributed by atoms with E-state index in [9.17, 15) is 4.79 Å². The lowest BCUT2D eigenvalue weighted by atomic mass is 10.0. The zero-order chi connectivity index (χ0) is 14.0. The van der Waals surface area contributed by atoms with Crippen LogP contribution >= 0.6 is 0 Å². The van der Waals surface area contributed by atoms with E-state index in [2.05, 4.69) is 6.92 Å². The van der Waals surface area contributed by atoms with Crippen LogP contribution in [0.3, 0.4) is 0 Å². The Hall–Kier alpha value is -1.77. The van der Waals surface area contributed by atoms with Gasteiger partial charge in [-0.1, -0.05) is 0 Å². The average molecular weight is 260 g/mol. The van der Waals surface area contributed by atoms with Gasteiger partial charge >= 0.3 is 0 Å². The number of ketones is 1. The SMILES string of the molecule is CCOc1cc2c(cc1/C=C(/C)C(C)=O)OC(C)C2. The summed E-state index contributed by atoms with van der Waals surface area (Å²) in [6, 6.07) is 4.00. The molecular formula is C16H20O3. The number of benzene rings is 1. The second-order valence-electron chi connectivity index (χ2n) is 4.95. The van der Waals surface area contributed by atoms with Crippen molar-refractivity contribution in [1.29, 1.82) is 0 Å². The van der Waals surface area contributed by atoms with Crippen molar-refractivity contribution in [3.63, 3.8) is 0 Å². The topological polar surface area (TPSA) is 35.5 Å². The van der Waals surface area contributed by atoms with Crippen molar-refractivity contribution in [1.82, 2.24) is 0 Å². The molecule has 1 atom stereocenters. The number of hydrogen-bond donors (Lipinski definition) is 0. The Kier molecular flexibility index (Phi) is 3.93. The minimum absolute atomic E-state index is 0.0669. The van der Waals surface area contributed by atoms with Crippen LogP contribution in [0.4, 0.5) is 0 Å².